The lowest BCUT2D eigenvalue weighted by Crippen LogP contribution is -2.51. The highest BCUT2D eigenvalue weighted by Gasteiger charge is 2.31. The zero-order valence-electron chi connectivity index (χ0n) is 11.2. The maximum atomic E-state index is 12.0. The molecule has 6 heteroatoms. The van der Waals surface area contributed by atoms with Crippen molar-refractivity contribution < 1.29 is 19.4 Å². The molecule has 0 saturated heterocycles. The Labute approximate surface area is 107 Å². The zero-order valence-corrected chi connectivity index (χ0v) is 11.2. The highest BCUT2D eigenvalue weighted by Crippen LogP contribution is 2.21. The smallest absolute Gasteiger partial charge is 0.326 e. The number of carboxylic acids is 1. The summed E-state index contributed by atoms with van der Waals surface area (Å²) in [5, 5.41) is 11.9. The first kappa shape index (κ1) is 14.8. The van der Waals surface area contributed by atoms with Crippen molar-refractivity contribution in [3.63, 3.8) is 0 Å². The summed E-state index contributed by atoms with van der Waals surface area (Å²) in [6, 6.07) is -1.15. The second-order valence-electron chi connectivity index (χ2n) is 4.63. The van der Waals surface area contributed by atoms with Crippen molar-refractivity contribution >= 4 is 12.0 Å². The molecule has 1 saturated carbocycles. The summed E-state index contributed by atoms with van der Waals surface area (Å²) < 4.78 is 5.29. The maximum absolute atomic E-state index is 12.0. The van der Waals surface area contributed by atoms with Gasteiger partial charge in [0.25, 0.3) is 0 Å². The number of nitrogens with one attached hydrogen (secondary N) is 1. The molecule has 0 aliphatic heterocycles. The van der Waals surface area contributed by atoms with Crippen LogP contribution in [0.3, 0.4) is 0 Å². The van der Waals surface area contributed by atoms with Crippen LogP contribution in [0.25, 0.3) is 0 Å². The van der Waals surface area contributed by atoms with Crippen molar-refractivity contribution in [1.29, 1.82) is 0 Å². The lowest BCUT2D eigenvalue weighted by atomic mass is 10.2. The van der Waals surface area contributed by atoms with Crippen molar-refractivity contribution in [2.24, 2.45) is 0 Å². The van der Waals surface area contributed by atoms with Crippen molar-refractivity contribution in [2.75, 3.05) is 14.2 Å². The van der Waals surface area contributed by atoms with Crippen molar-refractivity contribution in [2.45, 2.75) is 50.8 Å². The van der Waals surface area contributed by atoms with E-state index in [-0.39, 0.29) is 18.2 Å². The molecule has 0 aromatic rings. The molecule has 1 aliphatic rings. The second kappa shape index (κ2) is 6.58. The van der Waals surface area contributed by atoms with E-state index in [0.717, 1.165) is 19.3 Å². The predicted molar refractivity (Wildman–Crippen MR) is 66.4 cm³/mol. The standard InChI is InChI=1S/C12H22N2O4/c1-4-9(11(15)16)14(2)12(17)13-8-6-5-7-10(8)18-3/h8-10H,4-7H2,1-3H3,(H,13,17)(H,15,16). The number of rotatable bonds is 5. The quantitative estimate of drug-likeness (QED) is 0.772. The van der Waals surface area contributed by atoms with E-state index in [1.54, 1.807) is 14.0 Å². The molecule has 0 aromatic carbocycles. The number of methoxy groups -OCH3 is 1. The summed E-state index contributed by atoms with van der Waals surface area (Å²) >= 11 is 0. The van der Waals surface area contributed by atoms with Gasteiger partial charge in [0.1, 0.15) is 6.04 Å². The normalized spacial score (nSPS) is 24.6. The Morgan fingerprint density at radius 2 is 2.17 bits per heavy atom. The van der Waals surface area contributed by atoms with Gasteiger partial charge in [-0.25, -0.2) is 9.59 Å². The minimum atomic E-state index is -0.982. The van der Waals surface area contributed by atoms with Crippen molar-refractivity contribution in [3.05, 3.63) is 0 Å². The molecule has 0 heterocycles. The number of aliphatic carboxylic acids is 1. The van der Waals surface area contributed by atoms with Gasteiger partial charge in [-0.3, -0.25) is 0 Å². The number of ether oxygens (including phenoxy) is 1. The summed E-state index contributed by atoms with van der Waals surface area (Å²) in [4.78, 5) is 24.2. The number of likely N-dealkylation sites (N-methyl/N-ethyl adjacent to an activating group) is 1. The topological polar surface area (TPSA) is 78.9 Å². The molecule has 104 valence electrons. The van der Waals surface area contributed by atoms with Gasteiger partial charge >= 0.3 is 12.0 Å². The van der Waals surface area contributed by atoms with Gasteiger partial charge in [-0.05, 0) is 25.7 Å². The fourth-order valence-corrected chi connectivity index (χ4v) is 2.39. The molecule has 0 aromatic heterocycles. The van der Waals surface area contributed by atoms with Gasteiger partial charge in [0.15, 0.2) is 0 Å². The lowest BCUT2D eigenvalue weighted by Gasteiger charge is -2.27. The average Bonchev–Trinajstić information content (AvgIpc) is 2.76. The fourth-order valence-electron chi connectivity index (χ4n) is 2.39. The first-order chi connectivity index (χ1) is 8.51. The van der Waals surface area contributed by atoms with Crippen LogP contribution in [-0.2, 0) is 9.53 Å². The Bertz CT molecular complexity index is 308. The molecule has 1 rings (SSSR count). The molecular weight excluding hydrogens is 236 g/mol. The molecule has 18 heavy (non-hydrogen) atoms. The first-order valence-electron chi connectivity index (χ1n) is 6.30. The summed E-state index contributed by atoms with van der Waals surface area (Å²) in [5.41, 5.74) is 0. The number of carbonyl (C=O) groups excluding carboxylic acids is 1. The Morgan fingerprint density at radius 3 is 2.67 bits per heavy atom. The van der Waals surface area contributed by atoms with E-state index in [9.17, 15) is 9.59 Å². The van der Waals surface area contributed by atoms with Crippen LogP contribution in [0.4, 0.5) is 4.79 Å². The summed E-state index contributed by atoms with van der Waals surface area (Å²) in [5.74, 6) is -0.982. The largest absolute Gasteiger partial charge is 0.480 e. The minimum Gasteiger partial charge on any atom is -0.480 e. The molecule has 3 unspecified atom stereocenters. The third kappa shape index (κ3) is 3.35. The van der Waals surface area contributed by atoms with Gasteiger partial charge in [0.2, 0.25) is 0 Å². The molecule has 3 atom stereocenters. The maximum Gasteiger partial charge on any atom is 0.326 e. The van der Waals surface area contributed by atoms with E-state index in [4.69, 9.17) is 9.84 Å². The van der Waals surface area contributed by atoms with Crippen molar-refractivity contribution in [1.82, 2.24) is 10.2 Å². The Kier molecular flexibility index (Phi) is 5.40. The Hall–Kier alpha value is -1.30. The van der Waals surface area contributed by atoms with E-state index in [1.165, 1.54) is 11.9 Å². The van der Waals surface area contributed by atoms with E-state index in [0.29, 0.717) is 6.42 Å². The molecule has 2 N–H and O–H groups in total. The first-order valence-corrected chi connectivity index (χ1v) is 6.30. The molecular formula is C12H22N2O4. The fraction of sp³-hybridized carbons (Fsp3) is 0.833. The Morgan fingerprint density at radius 1 is 1.50 bits per heavy atom. The second-order valence-corrected chi connectivity index (χ2v) is 4.63. The number of urea groups is 1. The monoisotopic (exact) mass is 258 g/mol. The van der Waals surface area contributed by atoms with Crippen LogP contribution in [-0.4, -0.2) is 54.4 Å². The SMILES string of the molecule is CCC(C(=O)O)N(C)C(=O)NC1CCCC1OC. The van der Waals surface area contributed by atoms with Crippen LogP contribution >= 0.6 is 0 Å². The van der Waals surface area contributed by atoms with E-state index in [2.05, 4.69) is 5.32 Å². The van der Waals surface area contributed by atoms with Gasteiger partial charge in [0.05, 0.1) is 12.1 Å². The van der Waals surface area contributed by atoms with Gasteiger partial charge in [-0.15, -0.1) is 0 Å². The van der Waals surface area contributed by atoms with Crippen LogP contribution in [0, 0.1) is 0 Å². The third-order valence-electron chi connectivity index (χ3n) is 3.52. The number of nitrogens with zero attached hydrogens (tertiary/aromatic N) is 1. The highest BCUT2D eigenvalue weighted by atomic mass is 16.5. The highest BCUT2D eigenvalue weighted by molar-refractivity contribution is 5.82. The van der Waals surface area contributed by atoms with Gasteiger partial charge in [-0.1, -0.05) is 6.92 Å². The van der Waals surface area contributed by atoms with Crippen LogP contribution in [0.2, 0.25) is 0 Å². The summed E-state index contributed by atoms with van der Waals surface area (Å²) in [6.07, 6.45) is 3.25. The molecule has 2 amide bonds. The molecule has 1 fully saturated rings. The zero-order chi connectivity index (χ0) is 13.7. The number of amides is 2. The number of carbonyl (C=O) groups is 2. The van der Waals surface area contributed by atoms with Crippen molar-refractivity contribution in [3.8, 4) is 0 Å². The summed E-state index contributed by atoms with van der Waals surface area (Å²) in [6.45, 7) is 1.75. The number of carboxylic acid groups (broad SMARTS) is 1. The molecule has 1 aliphatic carbocycles. The summed E-state index contributed by atoms with van der Waals surface area (Å²) in [7, 11) is 3.14. The van der Waals surface area contributed by atoms with Gasteiger partial charge < -0.3 is 20.1 Å². The van der Waals surface area contributed by atoms with Crippen LogP contribution in [0.5, 0.6) is 0 Å². The lowest BCUT2D eigenvalue weighted by molar-refractivity contribution is -0.141. The molecule has 0 bridgehead atoms. The molecule has 0 radical (unpaired) electrons. The van der Waals surface area contributed by atoms with E-state index >= 15 is 0 Å². The van der Waals surface area contributed by atoms with Gasteiger partial charge in [-0.2, -0.15) is 0 Å². The number of hydrogen-bond donors (Lipinski definition) is 2. The molecule has 6 nitrogen and oxygen atoms in total. The van der Waals surface area contributed by atoms with Crippen LogP contribution in [0.1, 0.15) is 32.6 Å². The average molecular weight is 258 g/mol. The van der Waals surface area contributed by atoms with Crippen LogP contribution in [0.15, 0.2) is 0 Å². The minimum absolute atomic E-state index is 0.0174. The third-order valence-corrected chi connectivity index (χ3v) is 3.52. The molecule has 0 spiro atoms. The van der Waals surface area contributed by atoms with Crippen LogP contribution < -0.4 is 5.32 Å². The van der Waals surface area contributed by atoms with Gasteiger partial charge in [0, 0.05) is 14.2 Å². The number of hydrogen-bond acceptors (Lipinski definition) is 3. The van der Waals surface area contributed by atoms with E-state index in [1.807, 2.05) is 0 Å². The van der Waals surface area contributed by atoms with E-state index < -0.39 is 12.0 Å². The Balaban J connectivity index is 2.56. The predicted octanol–water partition coefficient (Wildman–Crippen LogP) is 1.06.